The summed E-state index contributed by atoms with van der Waals surface area (Å²) in [5.41, 5.74) is 1.93. The molecule has 10 heteroatoms. The van der Waals surface area contributed by atoms with Crippen molar-refractivity contribution < 1.29 is 19.8 Å². The molecule has 1 atom stereocenters. The number of nitrogens with zero attached hydrogens (tertiary/aromatic N) is 3. The van der Waals surface area contributed by atoms with E-state index >= 15 is 0 Å². The van der Waals surface area contributed by atoms with Crippen LogP contribution in [0.15, 0.2) is 24.3 Å². The minimum Gasteiger partial charge on any atom is -0.480 e. The summed E-state index contributed by atoms with van der Waals surface area (Å²) < 4.78 is 0. The van der Waals surface area contributed by atoms with Crippen LogP contribution in [-0.4, -0.2) is 101 Å². The smallest absolute Gasteiger partial charge is 0.317 e. The molecular formula is C20H29N5O4S. The average Bonchev–Trinajstić information content (AvgIpc) is 2.74. The van der Waals surface area contributed by atoms with E-state index in [2.05, 4.69) is 10.6 Å². The van der Waals surface area contributed by atoms with E-state index in [4.69, 9.17) is 24.4 Å². The molecule has 9 nitrogen and oxygen atoms in total. The number of anilines is 1. The van der Waals surface area contributed by atoms with Gasteiger partial charge in [0.05, 0.1) is 13.1 Å². The maximum Gasteiger partial charge on any atom is 0.317 e. The molecule has 0 saturated carbocycles. The van der Waals surface area contributed by atoms with Gasteiger partial charge >= 0.3 is 11.9 Å². The Kier molecular flexibility index (Phi) is 9.44. The molecule has 164 valence electrons. The number of nitrogens with one attached hydrogen (secondary N) is 2. The number of hydrogen-bond acceptors (Lipinski definition) is 6. The van der Waals surface area contributed by atoms with Crippen LogP contribution in [0, 0.1) is 7.05 Å². The molecule has 1 aliphatic heterocycles. The summed E-state index contributed by atoms with van der Waals surface area (Å²) in [4.78, 5) is 27.7. The molecule has 2 rings (SSSR count). The fourth-order valence-electron chi connectivity index (χ4n) is 3.38. The predicted molar refractivity (Wildman–Crippen MR) is 118 cm³/mol. The number of hydrogen-bond donors (Lipinski definition) is 4. The van der Waals surface area contributed by atoms with Crippen LogP contribution in [0.2, 0.25) is 0 Å². The van der Waals surface area contributed by atoms with Crippen LogP contribution in [0.3, 0.4) is 0 Å². The second-order valence-electron chi connectivity index (χ2n) is 7.30. The normalized spacial score (nSPS) is 19.3. The van der Waals surface area contributed by atoms with Crippen molar-refractivity contribution in [3.8, 4) is 0 Å². The van der Waals surface area contributed by atoms with Crippen LogP contribution in [0.4, 0.5) is 5.69 Å². The quantitative estimate of drug-likeness (QED) is 0.446. The second-order valence-corrected chi connectivity index (χ2v) is 7.70. The van der Waals surface area contributed by atoms with Gasteiger partial charge in [-0.05, 0) is 36.3 Å². The summed E-state index contributed by atoms with van der Waals surface area (Å²) in [6, 6.07) is 7.72. The van der Waals surface area contributed by atoms with Gasteiger partial charge in [0.2, 0.25) is 0 Å². The van der Waals surface area contributed by atoms with Crippen LogP contribution in [-0.2, 0) is 16.0 Å². The van der Waals surface area contributed by atoms with E-state index in [1.54, 1.807) is 16.8 Å². The Bertz CT molecular complexity index is 730. The second kappa shape index (κ2) is 11.8. The Morgan fingerprint density at radius 1 is 1.07 bits per heavy atom. The minimum absolute atomic E-state index is 0.0949. The molecule has 1 saturated heterocycles. The predicted octanol–water partition coefficient (Wildman–Crippen LogP) is 0.271. The van der Waals surface area contributed by atoms with Gasteiger partial charge < -0.3 is 20.8 Å². The van der Waals surface area contributed by atoms with Gasteiger partial charge in [-0.1, -0.05) is 12.1 Å². The lowest BCUT2D eigenvalue weighted by Gasteiger charge is -2.31. The molecule has 1 aromatic rings. The van der Waals surface area contributed by atoms with Crippen molar-refractivity contribution in [2.24, 2.45) is 0 Å². The van der Waals surface area contributed by atoms with Gasteiger partial charge in [-0.3, -0.25) is 24.3 Å². The lowest BCUT2D eigenvalue weighted by molar-refractivity contribution is -0.140. The van der Waals surface area contributed by atoms with Gasteiger partial charge in [-0.15, -0.1) is 0 Å². The molecule has 1 heterocycles. The standard InChI is InChI=1S/C20H29N5O4S/c1-21-20(30)22-16-5-3-15(4-6-16)11-17-12-25(14-19(28)29)10-9-24(13-18(26)27)8-7-23(17)2/h2-6,17H,7-14H2,1H3,(H,26,27)(H,28,29)(H2,21,22,30). The molecule has 0 spiro atoms. The van der Waals surface area contributed by atoms with Crippen molar-refractivity contribution in [3.05, 3.63) is 36.9 Å². The van der Waals surface area contributed by atoms with Crippen molar-refractivity contribution in [2.45, 2.75) is 12.5 Å². The molecule has 1 aromatic carbocycles. The Morgan fingerprint density at radius 2 is 1.63 bits per heavy atom. The van der Waals surface area contributed by atoms with Crippen LogP contribution >= 0.6 is 12.2 Å². The van der Waals surface area contributed by atoms with Crippen LogP contribution in [0.5, 0.6) is 0 Å². The number of aliphatic carboxylic acids is 2. The lowest BCUT2D eigenvalue weighted by Crippen LogP contribution is -2.44. The zero-order valence-corrected chi connectivity index (χ0v) is 17.9. The molecule has 0 aliphatic carbocycles. The fourth-order valence-corrected chi connectivity index (χ4v) is 3.50. The third-order valence-electron chi connectivity index (χ3n) is 4.97. The summed E-state index contributed by atoms with van der Waals surface area (Å²) >= 11 is 5.10. The highest BCUT2D eigenvalue weighted by Crippen LogP contribution is 2.15. The molecule has 0 aromatic heterocycles. The third kappa shape index (κ3) is 8.23. The molecule has 0 amide bonds. The first-order chi connectivity index (χ1) is 14.3. The van der Waals surface area contributed by atoms with Gasteiger partial charge in [0.25, 0.3) is 0 Å². The van der Waals surface area contributed by atoms with Gasteiger partial charge in [0.15, 0.2) is 5.11 Å². The highest BCUT2D eigenvalue weighted by Gasteiger charge is 2.24. The van der Waals surface area contributed by atoms with E-state index in [-0.39, 0.29) is 19.1 Å². The fraction of sp³-hybridized carbons (Fsp3) is 0.500. The molecule has 30 heavy (non-hydrogen) atoms. The highest BCUT2D eigenvalue weighted by molar-refractivity contribution is 7.80. The van der Waals surface area contributed by atoms with E-state index in [9.17, 15) is 14.7 Å². The average molecular weight is 436 g/mol. The number of carbonyl (C=O) groups is 2. The largest absolute Gasteiger partial charge is 0.480 e. The van der Waals surface area contributed by atoms with E-state index in [0.717, 1.165) is 11.3 Å². The van der Waals surface area contributed by atoms with Crippen molar-refractivity contribution in [2.75, 3.05) is 58.2 Å². The van der Waals surface area contributed by atoms with Crippen molar-refractivity contribution >= 4 is 35.0 Å². The molecule has 1 unspecified atom stereocenters. The molecule has 4 N–H and O–H groups in total. The molecular weight excluding hydrogens is 406 g/mol. The van der Waals surface area contributed by atoms with Crippen LogP contribution in [0.1, 0.15) is 5.56 Å². The van der Waals surface area contributed by atoms with E-state index < -0.39 is 11.9 Å². The van der Waals surface area contributed by atoms with Gasteiger partial charge in [0.1, 0.15) is 0 Å². The minimum atomic E-state index is -0.919. The number of benzene rings is 1. The first-order valence-electron chi connectivity index (χ1n) is 9.74. The number of rotatable bonds is 7. The van der Waals surface area contributed by atoms with E-state index in [1.807, 2.05) is 29.2 Å². The topological polar surface area (TPSA) is 108 Å². The summed E-state index contributed by atoms with van der Waals surface area (Å²) in [5, 5.41) is 24.8. The van der Waals surface area contributed by atoms with Crippen molar-refractivity contribution in [1.29, 1.82) is 0 Å². The molecule has 0 bridgehead atoms. The van der Waals surface area contributed by atoms with E-state index in [0.29, 0.717) is 44.3 Å². The third-order valence-corrected chi connectivity index (χ3v) is 5.28. The zero-order valence-electron chi connectivity index (χ0n) is 17.1. The molecule has 1 aliphatic rings. The molecule has 1 fully saturated rings. The number of carboxylic acids is 2. The Labute approximate surface area is 182 Å². The van der Waals surface area contributed by atoms with Crippen molar-refractivity contribution in [3.63, 3.8) is 0 Å². The highest BCUT2D eigenvalue weighted by atomic mass is 32.1. The summed E-state index contributed by atoms with van der Waals surface area (Å²) in [6.45, 7) is 2.21. The van der Waals surface area contributed by atoms with E-state index in [1.165, 1.54) is 0 Å². The summed E-state index contributed by atoms with van der Waals surface area (Å²) in [7, 11) is 8.06. The monoisotopic (exact) mass is 435 g/mol. The Balaban J connectivity index is 2.10. The Morgan fingerprint density at radius 3 is 2.23 bits per heavy atom. The zero-order chi connectivity index (χ0) is 22.1. The molecule has 2 radical (unpaired) electrons. The van der Waals surface area contributed by atoms with Crippen LogP contribution < -0.4 is 10.6 Å². The van der Waals surface area contributed by atoms with Crippen LogP contribution in [0.25, 0.3) is 0 Å². The number of carboxylic acid groups (broad SMARTS) is 2. The lowest BCUT2D eigenvalue weighted by atomic mass is 10.0. The Hall–Kier alpha value is -2.27. The summed E-state index contributed by atoms with van der Waals surface area (Å²) in [5.74, 6) is -1.83. The maximum atomic E-state index is 11.3. The van der Waals surface area contributed by atoms with Gasteiger partial charge in [0, 0.05) is 58.5 Å². The summed E-state index contributed by atoms with van der Waals surface area (Å²) in [6.07, 6.45) is 0.641. The first-order valence-corrected chi connectivity index (χ1v) is 10.1. The SMILES string of the molecule is [CH]N1CCN(CC(=O)O)CCN(CC(=O)O)CC1Cc1ccc(NC(=S)NC)cc1. The number of thiocarbonyl (C=S) groups is 1. The van der Waals surface area contributed by atoms with Crippen molar-refractivity contribution in [1.82, 2.24) is 20.0 Å². The van der Waals surface area contributed by atoms with Gasteiger partial charge in [-0.25, -0.2) is 0 Å². The van der Waals surface area contributed by atoms with Gasteiger partial charge in [-0.2, -0.15) is 0 Å². The maximum absolute atomic E-state index is 11.3. The first kappa shape index (κ1) is 24.0.